The third-order valence-corrected chi connectivity index (χ3v) is 5.21. The van der Waals surface area contributed by atoms with E-state index in [-0.39, 0.29) is 6.10 Å². The molecule has 2 aliphatic heterocycles. The Morgan fingerprint density at radius 3 is 2.43 bits per heavy atom. The minimum Gasteiger partial charge on any atom is -0.390 e. The molecule has 3 rings (SSSR count). The summed E-state index contributed by atoms with van der Waals surface area (Å²) in [6, 6.07) is 10.8. The number of aliphatic hydroxyl groups is 1. The van der Waals surface area contributed by atoms with Gasteiger partial charge in [0.2, 0.25) is 0 Å². The maximum atomic E-state index is 10.6. The fourth-order valence-corrected chi connectivity index (χ4v) is 3.91. The van der Waals surface area contributed by atoms with Gasteiger partial charge in [-0.3, -0.25) is 9.80 Å². The van der Waals surface area contributed by atoms with Gasteiger partial charge in [-0.1, -0.05) is 55.3 Å². The van der Waals surface area contributed by atoms with Crippen molar-refractivity contribution in [3.8, 4) is 0 Å². The molecule has 2 saturated heterocycles. The highest BCUT2D eigenvalue weighted by molar-refractivity contribution is 5.48. The summed E-state index contributed by atoms with van der Waals surface area (Å²) in [5.74, 6) is 0. The van der Waals surface area contributed by atoms with E-state index in [1.165, 1.54) is 44.3 Å². The molecule has 3 heteroatoms. The second-order valence-electron chi connectivity index (χ2n) is 6.95. The second-order valence-corrected chi connectivity index (χ2v) is 6.95. The van der Waals surface area contributed by atoms with Crippen LogP contribution in [0.4, 0.5) is 0 Å². The molecule has 0 amide bonds. The minimum absolute atomic E-state index is 0.202. The Labute approximate surface area is 140 Å². The highest BCUT2D eigenvalue weighted by atomic mass is 16.3. The zero-order valence-corrected chi connectivity index (χ0v) is 14.1. The van der Waals surface area contributed by atoms with E-state index in [1.807, 2.05) is 6.07 Å². The highest BCUT2D eigenvalue weighted by Gasteiger charge is 2.31. The van der Waals surface area contributed by atoms with Gasteiger partial charge in [-0.05, 0) is 37.9 Å². The molecule has 23 heavy (non-hydrogen) atoms. The number of rotatable bonds is 4. The number of nitrogens with zero attached hydrogens (tertiary/aromatic N) is 2. The monoisotopic (exact) mass is 314 g/mol. The average Bonchev–Trinajstić information content (AvgIpc) is 2.85. The number of β-amino-alcohol motifs (C(OH)–C–C–N with tert-alkyl or cyclic N) is 1. The summed E-state index contributed by atoms with van der Waals surface area (Å²) in [5.41, 5.74) is 1.24. The Hall–Kier alpha value is -1.16. The molecule has 0 bridgehead atoms. The van der Waals surface area contributed by atoms with Crippen LogP contribution in [0.25, 0.3) is 6.08 Å². The third-order valence-electron chi connectivity index (χ3n) is 5.21. The quantitative estimate of drug-likeness (QED) is 0.925. The van der Waals surface area contributed by atoms with Crippen molar-refractivity contribution < 1.29 is 5.11 Å². The van der Waals surface area contributed by atoms with Gasteiger partial charge in [0.1, 0.15) is 0 Å². The van der Waals surface area contributed by atoms with Gasteiger partial charge in [0.25, 0.3) is 0 Å². The average molecular weight is 314 g/mol. The number of piperidine rings is 1. The van der Waals surface area contributed by atoms with Gasteiger partial charge in [-0.25, -0.2) is 0 Å². The van der Waals surface area contributed by atoms with Crippen LogP contribution >= 0.6 is 0 Å². The van der Waals surface area contributed by atoms with Crippen molar-refractivity contribution in [1.29, 1.82) is 0 Å². The molecular formula is C20H30N2O. The van der Waals surface area contributed by atoms with E-state index in [2.05, 4.69) is 46.2 Å². The summed E-state index contributed by atoms with van der Waals surface area (Å²) >= 11 is 0. The molecular weight excluding hydrogens is 284 g/mol. The summed E-state index contributed by atoms with van der Waals surface area (Å²) in [6.07, 6.45) is 10.6. The van der Waals surface area contributed by atoms with Crippen molar-refractivity contribution in [1.82, 2.24) is 9.80 Å². The van der Waals surface area contributed by atoms with Crippen molar-refractivity contribution in [2.45, 2.75) is 44.2 Å². The molecule has 0 spiro atoms. The van der Waals surface area contributed by atoms with Gasteiger partial charge in [0.15, 0.2) is 0 Å². The van der Waals surface area contributed by atoms with E-state index in [0.29, 0.717) is 6.04 Å². The van der Waals surface area contributed by atoms with Crippen LogP contribution in [0.3, 0.4) is 0 Å². The van der Waals surface area contributed by atoms with Gasteiger partial charge in [-0.15, -0.1) is 0 Å². The van der Waals surface area contributed by atoms with E-state index in [9.17, 15) is 5.11 Å². The molecule has 0 radical (unpaired) electrons. The number of hydrogen-bond donors (Lipinski definition) is 1. The largest absolute Gasteiger partial charge is 0.390 e. The number of benzene rings is 1. The molecule has 0 saturated carbocycles. The minimum atomic E-state index is -0.202. The summed E-state index contributed by atoms with van der Waals surface area (Å²) in [5, 5.41) is 10.6. The summed E-state index contributed by atoms with van der Waals surface area (Å²) in [7, 11) is 0. The molecule has 0 unspecified atom stereocenters. The van der Waals surface area contributed by atoms with E-state index in [0.717, 1.165) is 26.1 Å². The van der Waals surface area contributed by atoms with E-state index in [4.69, 9.17) is 0 Å². The molecule has 2 atom stereocenters. The summed E-state index contributed by atoms with van der Waals surface area (Å²) < 4.78 is 0. The fraction of sp³-hybridized carbons (Fsp3) is 0.600. The van der Waals surface area contributed by atoms with Crippen molar-refractivity contribution in [3.63, 3.8) is 0 Å². The van der Waals surface area contributed by atoms with E-state index < -0.39 is 0 Å². The van der Waals surface area contributed by atoms with Gasteiger partial charge >= 0.3 is 0 Å². The molecule has 126 valence electrons. The zero-order chi connectivity index (χ0) is 15.9. The Balaban J connectivity index is 1.47. The van der Waals surface area contributed by atoms with Crippen molar-refractivity contribution in [3.05, 3.63) is 42.0 Å². The summed E-state index contributed by atoms with van der Waals surface area (Å²) in [4.78, 5) is 4.92. The number of likely N-dealkylation sites (tertiary alicyclic amines) is 2. The van der Waals surface area contributed by atoms with Crippen LogP contribution in [0.5, 0.6) is 0 Å². The molecule has 2 fully saturated rings. The molecule has 3 nitrogen and oxygen atoms in total. The molecule has 1 aromatic carbocycles. The third kappa shape index (κ3) is 4.90. The van der Waals surface area contributed by atoms with Gasteiger partial charge in [0, 0.05) is 25.7 Å². The van der Waals surface area contributed by atoms with E-state index in [1.54, 1.807) is 0 Å². The van der Waals surface area contributed by atoms with Crippen LogP contribution in [0.2, 0.25) is 0 Å². The van der Waals surface area contributed by atoms with Gasteiger partial charge < -0.3 is 5.11 Å². The second kappa shape index (κ2) is 8.62. The predicted molar refractivity (Wildman–Crippen MR) is 96.4 cm³/mol. The van der Waals surface area contributed by atoms with Crippen LogP contribution in [-0.4, -0.2) is 59.8 Å². The molecule has 2 aliphatic rings. The molecule has 1 aromatic rings. The lowest BCUT2D eigenvalue weighted by Gasteiger charge is -2.41. The Bertz CT molecular complexity index is 480. The first kappa shape index (κ1) is 16.7. The number of aliphatic hydroxyl groups excluding tert-OH is 1. The Kier molecular flexibility index (Phi) is 6.26. The smallest absolute Gasteiger partial charge is 0.0822 e. The van der Waals surface area contributed by atoms with E-state index >= 15 is 0 Å². The lowest BCUT2D eigenvalue weighted by Crippen LogP contribution is -2.54. The van der Waals surface area contributed by atoms with Crippen LogP contribution in [0.15, 0.2) is 36.4 Å². The predicted octanol–water partition coefficient (Wildman–Crippen LogP) is 3.01. The van der Waals surface area contributed by atoms with Crippen LogP contribution < -0.4 is 0 Å². The van der Waals surface area contributed by atoms with Crippen molar-refractivity contribution in [2.75, 3.05) is 32.7 Å². The first-order valence-corrected chi connectivity index (χ1v) is 9.19. The Morgan fingerprint density at radius 2 is 1.74 bits per heavy atom. The summed E-state index contributed by atoms with van der Waals surface area (Å²) in [6.45, 7) is 5.18. The van der Waals surface area contributed by atoms with Crippen LogP contribution in [0.1, 0.15) is 37.7 Å². The number of hydrogen-bond acceptors (Lipinski definition) is 3. The van der Waals surface area contributed by atoms with Crippen LogP contribution in [0, 0.1) is 0 Å². The zero-order valence-electron chi connectivity index (χ0n) is 14.1. The van der Waals surface area contributed by atoms with Crippen LogP contribution in [-0.2, 0) is 0 Å². The maximum Gasteiger partial charge on any atom is 0.0822 e. The van der Waals surface area contributed by atoms with Gasteiger partial charge in [-0.2, -0.15) is 0 Å². The lowest BCUT2D eigenvalue weighted by molar-refractivity contribution is -0.00866. The lowest BCUT2D eigenvalue weighted by atomic mass is 9.99. The topological polar surface area (TPSA) is 26.7 Å². The highest BCUT2D eigenvalue weighted by Crippen LogP contribution is 2.21. The SMILES string of the molecule is O[C@@H]1CN(C/C=C/c2ccccc2)CC[C@H]1N1CCCCCC1. The standard InChI is InChI=1S/C20H30N2O/c23-20-17-21(13-8-11-18-9-4-3-5-10-18)16-12-19(20)22-14-6-1-2-7-15-22/h3-5,8-11,19-20,23H,1-2,6-7,12-17H2/b11-8+/t19-,20-/m1/s1. The van der Waals surface area contributed by atoms with Crippen molar-refractivity contribution in [2.24, 2.45) is 0 Å². The Morgan fingerprint density at radius 1 is 1.00 bits per heavy atom. The first-order chi connectivity index (χ1) is 11.3. The fourth-order valence-electron chi connectivity index (χ4n) is 3.91. The maximum absolute atomic E-state index is 10.6. The van der Waals surface area contributed by atoms with Gasteiger partial charge in [0.05, 0.1) is 6.10 Å². The molecule has 1 N–H and O–H groups in total. The van der Waals surface area contributed by atoms with Crippen molar-refractivity contribution >= 4 is 6.08 Å². The normalized spacial score (nSPS) is 28.0. The first-order valence-electron chi connectivity index (χ1n) is 9.19. The molecule has 0 aliphatic carbocycles. The molecule has 2 heterocycles. The molecule has 0 aromatic heterocycles.